The van der Waals surface area contributed by atoms with Gasteiger partial charge in [0, 0.05) is 22.8 Å². The Morgan fingerprint density at radius 3 is 2.07 bits per heavy atom. The van der Waals surface area contributed by atoms with Crippen LogP contribution in [0, 0.1) is 5.92 Å². The summed E-state index contributed by atoms with van der Waals surface area (Å²) >= 11 is 0. The van der Waals surface area contributed by atoms with Gasteiger partial charge in [-0.3, -0.25) is 4.57 Å². The molecule has 0 radical (unpaired) electrons. The Morgan fingerprint density at radius 1 is 0.926 bits per heavy atom. The second-order valence-corrected chi connectivity index (χ2v) is 10.4. The largest absolute Gasteiger partial charge is 0.341 e. The van der Waals surface area contributed by atoms with Gasteiger partial charge in [0.05, 0.1) is 5.66 Å². The van der Waals surface area contributed by atoms with Crippen LogP contribution in [-0.2, 0) is 4.57 Å². The van der Waals surface area contributed by atoms with Crippen LogP contribution in [0.5, 0.6) is 0 Å². The number of nitrogens with one attached hydrogen (secondary N) is 1. The molecule has 27 heavy (non-hydrogen) atoms. The van der Waals surface area contributed by atoms with E-state index < -0.39 is 13.0 Å². The Bertz CT molecular complexity index is 853. The van der Waals surface area contributed by atoms with Gasteiger partial charge in [-0.1, -0.05) is 72.8 Å². The van der Waals surface area contributed by atoms with Crippen molar-refractivity contribution < 1.29 is 9.46 Å². The summed E-state index contributed by atoms with van der Waals surface area (Å²) < 4.78 is 13.5. The van der Waals surface area contributed by atoms with Crippen molar-refractivity contribution in [3.63, 3.8) is 0 Å². The van der Waals surface area contributed by atoms with Crippen molar-refractivity contribution in [2.24, 2.45) is 5.92 Å². The van der Waals surface area contributed by atoms with Gasteiger partial charge in [0.1, 0.15) is 0 Å². The van der Waals surface area contributed by atoms with Gasteiger partial charge in [-0.2, -0.15) is 0 Å². The molecule has 1 aliphatic rings. The number of hydrogen-bond donors (Lipinski definition) is 2. The second-order valence-electron chi connectivity index (χ2n) is 8.08. The maximum absolute atomic E-state index is 13.5. The molecule has 0 aromatic heterocycles. The molecule has 3 rings (SSSR count). The van der Waals surface area contributed by atoms with E-state index in [9.17, 15) is 9.46 Å². The molecule has 1 aliphatic carbocycles. The van der Waals surface area contributed by atoms with E-state index in [0.717, 1.165) is 5.56 Å². The van der Waals surface area contributed by atoms with Crippen LogP contribution in [0.2, 0.25) is 0 Å². The molecule has 1 unspecified atom stereocenters. The van der Waals surface area contributed by atoms with E-state index in [4.69, 9.17) is 0 Å². The fraction of sp³-hybridized carbons (Fsp3) is 0.304. The van der Waals surface area contributed by atoms with Crippen LogP contribution in [0.1, 0.15) is 32.4 Å². The van der Waals surface area contributed by atoms with E-state index in [2.05, 4.69) is 44.3 Å². The molecule has 0 bridgehead atoms. The second kappa shape index (κ2) is 7.98. The lowest BCUT2D eigenvalue weighted by atomic mass is 9.86. The summed E-state index contributed by atoms with van der Waals surface area (Å²) in [4.78, 5) is 11.1. The van der Waals surface area contributed by atoms with Gasteiger partial charge in [-0.05, 0) is 38.5 Å². The lowest BCUT2D eigenvalue weighted by Gasteiger charge is -2.38. The van der Waals surface area contributed by atoms with Gasteiger partial charge < -0.3 is 10.2 Å². The van der Waals surface area contributed by atoms with Crippen molar-refractivity contribution in [1.82, 2.24) is 5.32 Å². The molecule has 0 aliphatic heterocycles. The van der Waals surface area contributed by atoms with E-state index in [0.29, 0.717) is 5.30 Å². The number of hydrogen-bond acceptors (Lipinski definition) is 2. The fourth-order valence-electron chi connectivity index (χ4n) is 3.61. The third kappa shape index (κ3) is 4.68. The highest BCUT2D eigenvalue weighted by Gasteiger charge is 2.41. The smallest absolute Gasteiger partial charge is 0.236 e. The van der Waals surface area contributed by atoms with E-state index >= 15 is 0 Å². The molecule has 2 aromatic rings. The average molecular weight is 381 g/mol. The lowest BCUT2D eigenvalue weighted by molar-refractivity contribution is 0.309. The van der Waals surface area contributed by atoms with E-state index in [1.807, 2.05) is 54.6 Å². The third-order valence-corrected chi connectivity index (χ3v) is 7.17. The molecule has 0 amide bonds. The first kappa shape index (κ1) is 19.8. The molecule has 3 nitrogen and oxygen atoms in total. The van der Waals surface area contributed by atoms with Crippen LogP contribution in [0.4, 0.5) is 0 Å². The van der Waals surface area contributed by atoms with E-state index in [1.165, 1.54) is 0 Å². The van der Waals surface area contributed by atoms with Gasteiger partial charge in [-0.25, -0.2) is 0 Å². The van der Waals surface area contributed by atoms with Gasteiger partial charge in [0.15, 0.2) is 0 Å². The molecular formula is C23H28NO2P. The lowest BCUT2D eigenvalue weighted by Crippen LogP contribution is -2.44. The molecule has 142 valence electrons. The highest BCUT2D eigenvalue weighted by atomic mass is 31.2. The predicted molar refractivity (Wildman–Crippen MR) is 114 cm³/mol. The normalized spacial score (nSPS) is 23.0. The molecule has 0 fully saturated rings. The van der Waals surface area contributed by atoms with Crippen molar-refractivity contribution in [2.75, 3.05) is 0 Å². The molecule has 0 saturated heterocycles. The van der Waals surface area contributed by atoms with Crippen LogP contribution in [0.25, 0.3) is 0 Å². The maximum Gasteiger partial charge on any atom is 0.236 e. The van der Waals surface area contributed by atoms with Gasteiger partial charge in [-0.15, -0.1) is 0 Å². The predicted octanol–water partition coefficient (Wildman–Crippen LogP) is 4.82. The first-order valence-electron chi connectivity index (χ1n) is 9.35. The first-order valence-corrected chi connectivity index (χ1v) is 11.1. The highest BCUT2D eigenvalue weighted by molar-refractivity contribution is 7.67. The topological polar surface area (TPSA) is 49.3 Å². The average Bonchev–Trinajstić information content (AvgIpc) is 2.67. The Kier molecular flexibility index (Phi) is 5.86. The summed E-state index contributed by atoms with van der Waals surface area (Å²) in [6.07, 6.45) is 7.81. The van der Waals surface area contributed by atoms with Gasteiger partial charge in [0.25, 0.3) is 0 Å². The van der Waals surface area contributed by atoms with Crippen molar-refractivity contribution in [1.29, 1.82) is 0 Å². The van der Waals surface area contributed by atoms with Gasteiger partial charge in [0.2, 0.25) is 7.37 Å². The molecular weight excluding hydrogens is 353 g/mol. The molecule has 4 heteroatoms. The minimum absolute atomic E-state index is 0.0680. The first-order chi connectivity index (χ1) is 12.8. The monoisotopic (exact) mass is 381 g/mol. The van der Waals surface area contributed by atoms with Crippen LogP contribution in [0.15, 0.2) is 85.0 Å². The highest BCUT2D eigenvalue weighted by Crippen LogP contribution is 2.52. The summed E-state index contributed by atoms with van der Waals surface area (Å²) in [5.74, 6) is -0.132. The maximum atomic E-state index is 13.5. The van der Waals surface area contributed by atoms with Crippen molar-refractivity contribution in [3.05, 3.63) is 90.5 Å². The fourth-order valence-corrected chi connectivity index (χ4v) is 5.63. The number of rotatable bonds is 5. The molecule has 0 heterocycles. The van der Waals surface area contributed by atoms with E-state index in [1.54, 1.807) is 12.1 Å². The SMILES string of the molecule is CC(C)(C)N[C@H](c1ccccc1)[C@H]1C=CC=C[C@H]1P(=O)(O)c1ccccc1. The summed E-state index contributed by atoms with van der Waals surface area (Å²) in [6.45, 7) is 6.36. The number of allylic oxidation sites excluding steroid dienone is 3. The zero-order valence-corrected chi connectivity index (χ0v) is 17.0. The third-order valence-electron chi connectivity index (χ3n) is 4.81. The van der Waals surface area contributed by atoms with Crippen LogP contribution in [-0.4, -0.2) is 16.1 Å². The molecule has 2 aromatic carbocycles. The molecule has 0 spiro atoms. The summed E-state index contributed by atoms with van der Waals surface area (Å²) in [5.41, 5.74) is 0.507. The van der Waals surface area contributed by atoms with Crippen LogP contribution < -0.4 is 10.6 Å². The Labute approximate surface area is 162 Å². The van der Waals surface area contributed by atoms with E-state index in [-0.39, 0.29) is 17.5 Å². The standard InChI is InChI=1S/C23H28NO2P/c1-23(2,3)24-22(18-12-6-4-7-13-18)20-16-10-11-17-21(20)27(25,26)19-14-8-5-9-15-19/h4-17,20-22,24H,1-3H3,(H,25,26)/t20-,21+,22+/m0/s1. The zero-order chi connectivity index (χ0) is 19.5. The molecule has 0 saturated carbocycles. The zero-order valence-electron chi connectivity index (χ0n) is 16.1. The summed E-state index contributed by atoms with van der Waals surface area (Å²) in [7, 11) is -3.59. The van der Waals surface area contributed by atoms with Crippen molar-refractivity contribution in [3.8, 4) is 0 Å². The Hall–Kier alpha value is -1.93. The van der Waals surface area contributed by atoms with Crippen molar-refractivity contribution in [2.45, 2.75) is 38.0 Å². The van der Waals surface area contributed by atoms with Gasteiger partial charge >= 0.3 is 0 Å². The Morgan fingerprint density at radius 2 is 1.48 bits per heavy atom. The van der Waals surface area contributed by atoms with Crippen LogP contribution in [0.3, 0.4) is 0 Å². The molecule has 4 atom stereocenters. The summed E-state index contributed by atoms with van der Waals surface area (Å²) in [6, 6.07) is 19.1. The molecule has 2 N–H and O–H groups in total. The summed E-state index contributed by atoms with van der Waals surface area (Å²) in [5, 5.41) is 4.18. The minimum Gasteiger partial charge on any atom is -0.341 e. The van der Waals surface area contributed by atoms with Crippen LogP contribution >= 0.6 is 7.37 Å². The van der Waals surface area contributed by atoms with Crippen molar-refractivity contribution >= 4 is 12.7 Å². The Balaban J connectivity index is 2.03. The number of benzene rings is 2. The quantitative estimate of drug-likeness (QED) is 0.730. The minimum atomic E-state index is -3.59.